The van der Waals surface area contributed by atoms with Gasteiger partial charge in [0, 0.05) is 19.6 Å². The molecule has 0 aromatic heterocycles. The quantitative estimate of drug-likeness (QED) is 0.674. The van der Waals surface area contributed by atoms with Gasteiger partial charge in [-0.1, -0.05) is 42.5 Å². The predicted octanol–water partition coefficient (Wildman–Crippen LogP) is 2.98. The van der Waals surface area contributed by atoms with Gasteiger partial charge in [0.1, 0.15) is 5.75 Å². The number of benzene rings is 2. The maximum Gasteiger partial charge on any atom is 0.255 e. The monoisotopic (exact) mass is 423 g/mol. The number of rotatable bonds is 9. The first-order valence-electron chi connectivity index (χ1n) is 11.2. The van der Waals surface area contributed by atoms with Gasteiger partial charge >= 0.3 is 0 Å². The number of aryl methyl sites for hydroxylation is 1. The largest absolute Gasteiger partial charge is 0.493 e. The molecule has 0 atom stereocenters. The number of amides is 2. The van der Waals surface area contributed by atoms with Gasteiger partial charge < -0.3 is 19.9 Å². The van der Waals surface area contributed by atoms with Gasteiger partial charge in [-0.2, -0.15) is 0 Å². The highest BCUT2D eigenvalue weighted by atomic mass is 16.5. The van der Waals surface area contributed by atoms with Crippen LogP contribution in [-0.2, 0) is 11.2 Å². The number of carbonyl (C=O) groups excluding carboxylic acids is 2. The third kappa shape index (κ3) is 7.10. The topological polar surface area (TPSA) is 61.9 Å². The van der Waals surface area contributed by atoms with Gasteiger partial charge in [0.05, 0.1) is 18.7 Å². The Morgan fingerprint density at radius 3 is 2.55 bits per heavy atom. The van der Waals surface area contributed by atoms with Crippen molar-refractivity contribution in [3.05, 3.63) is 65.7 Å². The van der Waals surface area contributed by atoms with E-state index in [1.165, 1.54) is 5.56 Å². The summed E-state index contributed by atoms with van der Waals surface area (Å²) in [6.45, 7) is 6.74. The minimum Gasteiger partial charge on any atom is -0.493 e. The number of nitrogens with zero attached hydrogens (tertiary/aromatic N) is 2. The molecule has 2 amide bonds. The zero-order valence-electron chi connectivity index (χ0n) is 18.4. The van der Waals surface area contributed by atoms with Crippen LogP contribution in [0.15, 0.2) is 54.6 Å². The molecule has 2 aromatic carbocycles. The van der Waals surface area contributed by atoms with Crippen molar-refractivity contribution in [2.24, 2.45) is 0 Å². The number of para-hydroxylation sites is 1. The zero-order valence-corrected chi connectivity index (χ0v) is 18.4. The molecule has 31 heavy (non-hydrogen) atoms. The van der Waals surface area contributed by atoms with Crippen LogP contribution in [0.25, 0.3) is 0 Å². The third-order valence-corrected chi connectivity index (χ3v) is 5.56. The molecule has 6 heteroatoms. The van der Waals surface area contributed by atoms with Crippen LogP contribution in [0.4, 0.5) is 0 Å². The van der Waals surface area contributed by atoms with Gasteiger partial charge in [0.25, 0.3) is 5.91 Å². The van der Waals surface area contributed by atoms with Gasteiger partial charge in [-0.3, -0.25) is 9.59 Å². The van der Waals surface area contributed by atoms with Crippen molar-refractivity contribution in [3.63, 3.8) is 0 Å². The van der Waals surface area contributed by atoms with Crippen molar-refractivity contribution < 1.29 is 14.3 Å². The van der Waals surface area contributed by atoms with Gasteiger partial charge in [-0.25, -0.2) is 0 Å². The lowest BCUT2D eigenvalue weighted by molar-refractivity contribution is -0.130. The average molecular weight is 424 g/mol. The number of carbonyl (C=O) groups is 2. The van der Waals surface area contributed by atoms with Crippen molar-refractivity contribution in [2.75, 3.05) is 45.9 Å². The maximum atomic E-state index is 12.7. The highest BCUT2D eigenvalue weighted by Gasteiger charge is 2.20. The maximum absolute atomic E-state index is 12.7. The van der Waals surface area contributed by atoms with Crippen LogP contribution in [0.5, 0.6) is 5.75 Å². The Kier molecular flexibility index (Phi) is 8.91. The first-order valence-corrected chi connectivity index (χ1v) is 11.2. The molecular formula is C25H33N3O3. The summed E-state index contributed by atoms with van der Waals surface area (Å²) in [5.41, 5.74) is 1.83. The molecule has 6 nitrogen and oxygen atoms in total. The molecule has 1 heterocycles. The summed E-state index contributed by atoms with van der Waals surface area (Å²) >= 11 is 0. The number of nitrogens with one attached hydrogen (secondary N) is 1. The standard InChI is InChI=1S/C25H33N3O3/c1-2-31-23-14-7-6-13-22(23)25(30)26-20-24(29)28-17-9-16-27(18-19-28)15-8-12-21-10-4-3-5-11-21/h3-7,10-11,13-14H,2,8-9,12,15-20H2,1H3,(H,26,30). The number of ether oxygens (including phenoxy) is 1. The minimum atomic E-state index is -0.283. The molecule has 1 aliphatic rings. The second-order valence-corrected chi connectivity index (χ2v) is 7.78. The zero-order chi connectivity index (χ0) is 21.9. The third-order valence-electron chi connectivity index (χ3n) is 5.56. The van der Waals surface area contributed by atoms with Gasteiger partial charge in [0.15, 0.2) is 0 Å². The van der Waals surface area contributed by atoms with E-state index in [0.717, 1.165) is 45.4 Å². The predicted molar refractivity (Wildman–Crippen MR) is 122 cm³/mol. The van der Waals surface area contributed by atoms with Gasteiger partial charge in [-0.05, 0) is 57.0 Å². The fraction of sp³-hybridized carbons (Fsp3) is 0.440. The Bertz CT molecular complexity index is 841. The highest BCUT2D eigenvalue weighted by Crippen LogP contribution is 2.17. The van der Waals surface area contributed by atoms with Crippen LogP contribution in [0.1, 0.15) is 35.7 Å². The van der Waals surface area contributed by atoms with E-state index >= 15 is 0 Å². The Labute approximate surface area is 185 Å². The molecule has 2 aromatic rings. The molecule has 0 radical (unpaired) electrons. The van der Waals surface area contributed by atoms with E-state index in [1.54, 1.807) is 18.2 Å². The summed E-state index contributed by atoms with van der Waals surface area (Å²) in [5.74, 6) is 0.221. The van der Waals surface area contributed by atoms with Crippen molar-refractivity contribution in [3.8, 4) is 5.75 Å². The first kappa shape index (κ1) is 22.8. The molecule has 1 aliphatic heterocycles. The molecule has 0 saturated carbocycles. The molecular weight excluding hydrogens is 390 g/mol. The van der Waals surface area contributed by atoms with Crippen molar-refractivity contribution in [1.29, 1.82) is 0 Å². The first-order chi connectivity index (χ1) is 15.2. The van der Waals surface area contributed by atoms with Crippen LogP contribution in [-0.4, -0.2) is 67.5 Å². The van der Waals surface area contributed by atoms with E-state index in [-0.39, 0.29) is 18.4 Å². The summed E-state index contributed by atoms with van der Waals surface area (Å²) in [7, 11) is 0. The van der Waals surface area contributed by atoms with Crippen LogP contribution in [0.3, 0.4) is 0 Å². The number of hydrogen-bond acceptors (Lipinski definition) is 4. The Morgan fingerprint density at radius 1 is 0.968 bits per heavy atom. The molecule has 0 spiro atoms. The SMILES string of the molecule is CCOc1ccccc1C(=O)NCC(=O)N1CCCN(CCCc2ccccc2)CC1. The molecule has 0 unspecified atom stereocenters. The van der Waals surface area contributed by atoms with Crippen molar-refractivity contribution in [2.45, 2.75) is 26.2 Å². The van der Waals surface area contributed by atoms with E-state index in [4.69, 9.17) is 4.74 Å². The van der Waals surface area contributed by atoms with Crippen LogP contribution < -0.4 is 10.1 Å². The number of hydrogen-bond donors (Lipinski definition) is 1. The van der Waals surface area contributed by atoms with Crippen molar-refractivity contribution in [1.82, 2.24) is 15.1 Å². The van der Waals surface area contributed by atoms with E-state index < -0.39 is 0 Å². The lowest BCUT2D eigenvalue weighted by atomic mass is 10.1. The van der Waals surface area contributed by atoms with E-state index in [2.05, 4.69) is 34.5 Å². The molecule has 1 saturated heterocycles. The summed E-state index contributed by atoms with van der Waals surface area (Å²) in [6.07, 6.45) is 3.15. The van der Waals surface area contributed by atoms with Crippen LogP contribution in [0, 0.1) is 0 Å². The lowest BCUT2D eigenvalue weighted by Crippen LogP contribution is -2.42. The van der Waals surface area contributed by atoms with Crippen LogP contribution >= 0.6 is 0 Å². The molecule has 0 bridgehead atoms. The molecule has 3 rings (SSSR count). The lowest BCUT2D eigenvalue weighted by Gasteiger charge is -2.22. The van der Waals surface area contributed by atoms with Crippen LogP contribution in [0.2, 0.25) is 0 Å². The smallest absolute Gasteiger partial charge is 0.255 e. The summed E-state index contributed by atoms with van der Waals surface area (Å²) < 4.78 is 5.51. The fourth-order valence-electron chi connectivity index (χ4n) is 3.89. The van der Waals surface area contributed by atoms with Crippen molar-refractivity contribution >= 4 is 11.8 Å². The van der Waals surface area contributed by atoms with Gasteiger partial charge in [-0.15, -0.1) is 0 Å². The Hall–Kier alpha value is -2.86. The molecule has 0 aliphatic carbocycles. The Morgan fingerprint density at radius 2 is 1.74 bits per heavy atom. The van der Waals surface area contributed by atoms with E-state index in [1.807, 2.05) is 24.0 Å². The second-order valence-electron chi connectivity index (χ2n) is 7.78. The second kappa shape index (κ2) is 12.1. The Balaban J connectivity index is 1.41. The van der Waals surface area contributed by atoms with E-state index in [9.17, 15) is 9.59 Å². The highest BCUT2D eigenvalue weighted by molar-refractivity contribution is 5.98. The molecule has 1 fully saturated rings. The normalized spacial score (nSPS) is 14.7. The summed E-state index contributed by atoms with van der Waals surface area (Å²) in [5, 5.41) is 2.76. The van der Waals surface area contributed by atoms with E-state index in [0.29, 0.717) is 24.5 Å². The average Bonchev–Trinajstić information content (AvgIpc) is 3.04. The fourth-order valence-corrected chi connectivity index (χ4v) is 3.89. The molecule has 1 N–H and O–H groups in total. The summed E-state index contributed by atoms with van der Waals surface area (Å²) in [4.78, 5) is 29.5. The minimum absolute atomic E-state index is 0.00724. The summed E-state index contributed by atoms with van der Waals surface area (Å²) in [6, 6.07) is 17.7. The van der Waals surface area contributed by atoms with Gasteiger partial charge in [0.2, 0.25) is 5.91 Å². The molecule has 166 valence electrons.